The SMILES string of the molecule is CN1CCN(Cc2ccnc(Nc3nc4ccc(-c5ccncc5)cc4s3)c2)CC1. The summed E-state index contributed by atoms with van der Waals surface area (Å²) in [5.74, 6) is 0.843. The summed E-state index contributed by atoms with van der Waals surface area (Å²) >= 11 is 1.65. The molecule has 1 aliphatic heterocycles. The van der Waals surface area contributed by atoms with E-state index in [1.54, 1.807) is 11.3 Å². The highest BCUT2D eigenvalue weighted by Gasteiger charge is 2.14. The summed E-state index contributed by atoms with van der Waals surface area (Å²) in [5, 5.41) is 4.26. The van der Waals surface area contributed by atoms with E-state index in [1.807, 2.05) is 30.7 Å². The van der Waals surface area contributed by atoms with E-state index >= 15 is 0 Å². The van der Waals surface area contributed by atoms with Crippen LogP contribution in [0.4, 0.5) is 10.9 Å². The van der Waals surface area contributed by atoms with Gasteiger partial charge in [0.2, 0.25) is 0 Å². The lowest BCUT2D eigenvalue weighted by atomic mass is 10.1. The molecule has 7 heteroatoms. The summed E-state index contributed by atoms with van der Waals surface area (Å²) in [6.07, 6.45) is 5.52. The largest absolute Gasteiger partial charge is 0.316 e. The lowest BCUT2D eigenvalue weighted by Gasteiger charge is -2.32. The van der Waals surface area contributed by atoms with E-state index in [0.717, 1.165) is 59.5 Å². The maximum atomic E-state index is 4.74. The number of anilines is 2. The van der Waals surface area contributed by atoms with Crippen molar-refractivity contribution in [2.45, 2.75) is 6.54 Å². The molecule has 1 aliphatic rings. The normalized spacial score (nSPS) is 15.5. The van der Waals surface area contributed by atoms with E-state index in [4.69, 9.17) is 4.98 Å². The maximum Gasteiger partial charge on any atom is 0.189 e. The Labute approximate surface area is 180 Å². The third kappa shape index (κ3) is 4.33. The van der Waals surface area contributed by atoms with Crippen molar-refractivity contribution in [3.63, 3.8) is 0 Å². The lowest BCUT2D eigenvalue weighted by molar-refractivity contribution is 0.148. The molecule has 30 heavy (non-hydrogen) atoms. The number of pyridine rings is 2. The van der Waals surface area contributed by atoms with Crippen LogP contribution in [0, 0.1) is 0 Å². The standard InChI is InChI=1S/C23H24N6S/c1-28-10-12-29(13-11-28)16-17-4-9-25-22(14-17)27-23-26-20-3-2-19(15-21(20)30-23)18-5-7-24-8-6-18/h2-9,14-15H,10-13,16H2,1H3,(H,25,26,27). The monoisotopic (exact) mass is 416 g/mol. The van der Waals surface area contributed by atoms with E-state index in [2.05, 4.69) is 62.5 Å². The van der Waals surface area contributed by atoms with Crippen molar-refractivity contribution in [1.82, 2.24) is 24.8 Å². The second kappa shape index (κ2) is 8.47. The minimum absolute atomic E-state index is 0.843. The van der Waals surface area contributed by atoms with E-state index in [1.165, 1.54) is 11.1 Å². The average molecular weight is 417 g/mol. The molecular formula is C23H24N6S. The number of fused-ring (bicyclic) bond motifs is 1. The van der Waals surface area contributed by atoms with Gasteiger partial charge in [0.05, 0.1) is 10.2 Å². The molecule has 0 radical (unpaired) electrons. The minimum Gasteiger partial charge on any atom is -0.316 e. The van der Waals surface area contributed by atoms with Crippen LogP contribution in [0.5, 0.6) is 0 Å². The molecule has 4 heterocycles. The van der Waals surface area contributed by atoms with E-state index in [9.17, 15) is 0 Å². The topological polar surface area (TPSA) is 57.2 Å². The first-order chi connectivity index (χ1) is 14.7. The van der Waals surface area contributed by atoms with Gasteiger partial charge >= 0.3 is 0 Å². The van der Waals surface area contributed by atoms with Crippen molar-refractivity contribution in [3.05, 3.63) is 66.6 Å². The van der Waals surface area contributed by atoms with E-state index in [-0.39, 0.29) is 0 Å². The van der Waals surface area contributed by atoms with Crippen LogP contribution >= 0.6 is 11.3 Å². The third-order valence-electron chi connectivity index (χ3n) is 5.46. The maximum absolute atomic E-state index is 4.74. The van der Waals surface area contributed by atoms with Crippen molar-refractivity contribution >= 4 is 32.5 Å². The highest BCUT2D eigenvalue weighted by atomic mass is 32.1. The molecule has 0 amide bonds. The molecule has 3 aromatic heterocycles. The van der Waals surface area contributed by atoms with Crippen LogP contribution in [0.3, 0.4) is 0 Å². The second-order valence-electron chi connectivity index (χ2n) is 7.69. The van der Waals surface area contributed by atoms with Gasteiger partial charge in [-0.3, -0.25) is 9.88 Å². The van der Waals surface area contributed by atoms with Crippen molar-refractivity contribution in [3.8, 4) is 11.1 Å². The fraction of sp³-hybridized carbons (Fsp3) is 0.261. The molecular weight excluding hydrogens is 392 g/mol. The molecule has 0 saturated carbocycles. The third-order valence-corrected chi connectivity index (χ3v) is 6.40. The Hall–Kier alpha value is -2.87. The Bertz CT molecular complexity index is 1130. The molecule has 1 aromatic carbocycles. The molecule has 0 unspecified atom stereocenters. The fourth-order valence-corrected chi connectivity index (χ4v) is 4.63. The predicted octanol–water partition coefficient (Wildman–Crippen LogP) is 4.24. The Balaban J connectivity index is 1.32. The number of piperazine rings is 1. The van der Waals surface area contributed by atoms with Gasteiger partial charge in [-0.25, -0.2) is 9.97 Å². The first-order valence-electron chi connectivity index (χ1n) is 10.2. The molecule has 4 aromatic rings. The summed E-state index contributed by atoms with van der Waals surface area (Å²) in [5.41, 5.74) is 4.60. The van der Waals surface area contributed by atoms with Gasteiger partial charge in [0.1, 0.15) is 5.82 Å². The zero-order valence-corrected chi connectivity index (χ0v) is 17.8. The highest BCUT2D eigenvalue weighted by molar-refractivity contribution is 7.22. The highest BCUT2D eigenvalue weighted by Crippen LogP contribution is 2.31. The number of hydrogen-bond donors (Lipinski definition) is 1. The zero-order valence-electron chi connectivity index (χ0n) is 17.0. The minimum atomic E-state index is 0.843. The van der Waals surface area contributed by atoms with Gasteiger partial charge in [0, 0.05) is 51.3 Å². The number of nitrogens with zero attached hydrogens (tertiary/aromatic N) is 5. The predicted molar refractivity (Wildman–Crippen MR) is 123 cm³/mol. The zero-order chi connectivity index (χ0) is 20.3. The number of likely N-dealkylation sites (N-methyl/N-ethyl adjacent to an activating group) is 1. The van der Waals surface area contributed by atoms with Crippen LogP contribution in [0.1, 0.15) is 5.56 Å². The smallest absolute Gasteiger partial charge is 0.189 e. The molecule has 5 rings (SSSR count). The lowest BCUT2D eigenvalue weighted by Crippen LogP contribution is -2.43. The Morgan fingerprint density at radius 3 is 2.60 bits per heavy atom. The molecule has 1 fully saturated rings. The number of benzene rings is 1. The molecule has 0 spiro atoms. The molecule has 1 saturated heterocycles. The molecule has 6 nitrogen and oxygen atoms in total. The summed E-state index contributed by atoms with van der Waals surface area (Å²) in [6.45, 7) is 5.44. The summed E-state index contributed by atoms with van der Waals surface area (Å²) in [7, 11) is 2.18. The van der Waals surface area contributed by atoms with Crippen LogP contribution < -0.4 is 5.32 Å². The van der Waals surface area contributed by atoms with Crippen LogP contribution in [-0.2, 0) is 6.54 Å². The summed E-state index contributed by atoms with van der Waals surface area (Å²) < 4.78 is 1.15. The van der Waals surface area contributed by atoms with Crippen LogP contribution in [0.25, 0.3) is 21.3 Å². The van der Waals surface area contributed by atoms with Gasteiger partial charge < -0.3 is 10.2 Å². The van der Waals surface area contributed by atoms with E-state index in [0.29, 0.717) is 0 Å². The second-order valence-corrected chi connectivity index (χ2v) is 8.72. The van der Waals surface area contributed by atoms with Gasteiger partial charge in [0.15, 0.2) is 5.13 Å². The van der Waals surface area contributed by atoms with Gasteiger partial charge in [0.25, 0.3) is 0 Å². The molecule has 0 atom stereocenters. The molecule has 1 N–H and O–H groups in total. The number of rotatable bonds is 5. The van der Waals surface area contributed by atoms with Gasteiger partial charge in [-0.2, -0.15) is 0 Å². The average Bonchev–Trinajstić information content (AvgIpc) is 3.17. The van der Waals surface area contributed by atoms with Crippen LogP contribution in [0.15, 0.2) is 61.1 Å². The number of thiazole rings is 1. The van der Waals surface area contributed by atoms with Gasteiger partial charge in [-0.05, 0) is 60.1 Å². The van der Waals surface area contributed by atoms with E-state index < -0.39 is 0 Å². The van der Waals surface area contributed by atoms with Crippen molar-refractivity contribution in [1.29, 1.82) is 0 Å². The van der Waals surface area contributed by atoms with Crippen molar-refractivity contribution in [2.75, 3.05) is 38.5 Å². The first-order valence-corrected chi connectivity index (χ1v) is 11.0. The van der Waals surface area contributed by atoms with Crippen molar-refractivity contribution < 1.29 is 0 Å². The number of aromatic nitrogens is 3. The fourth-order valence-electron chi connectivity index (χ4n) is 3.72. The first kappa shape index (κ1) is 19.1. The summed E-state index contributed by atoms with van der Waals surface area (Å²) in [6, 6.07) is 14.6. The Morgan fingerprint density at radius 1 is 0.933 bits per heavy atom. The van der Waals surface area contributed by atoms with Gasteiger partial charge in [-0.15, -0.1) is 0 Å². The Kier molecular flexibility index (Phi) is 5.40. The van der Waals surface area contributed by atoms with Crippen LogP contribution in [-0.4, -0.2) is 58.0 Å². The number of nitrogens with one attached hydrogen (secondary N) is 1. The summed E-state index contributed by atoms with van der Waals surface area (Å²) in [4.78, 5) is 18.2. The van der Waals surface area contributed by atoms with Crippen molar-refractivity contribution in [2.24, 2.45) is 0 Å². The number of hydrogen-bond acceptors (Lipinski definition) is 7. The molecule has 152 valence electrons. The Morgan fingerprint density at radius 2 is 1.77 bits per heavy atom. The molecule has 0 bridgehead atoms. The van der Waals surface area contributed by atoms with Gasteiger partial charge in [-0.1, -0.05) is 17.4 Å². The molecule has 0 aliphatic carbocycles. The quantitative estimate of drug-likeness (QED) is 0.525. The van der Waals surface area contributed by atoms with Crippen LogP contribution in [0.2, 0.25) is 0 Å².